The first kappa shape index (κ1) is 23.8. The van der Waals surface area contributed by atoms with Gasteiger partial charge < -0.3 is 9.47 Å². The molecule has 3 rings (SSSR count). The van der Waals surface area contributed by atoms with Crippen molar-refractivity contribution in [1.82, 2.24) is 4.90 Å². The predicted octanol–water partition coefficient (Wildman–Crippen LogP) is 5.78. The number of hydrogen-bond acceptors (Lipinski definition) is 7. The number of nitro groups is 1. The molecule has 1 fully saturated rings. The maximum atomic E-state index is 12.7. The van der Waals surface area contributed by atoms with E-state index in [1.165, 1.54) is 24.1 Å². The highest BCUT2D eigenvalue weighted by atomic mass is 79.9. The summed E-state index contributed by atoms with van der Waals surface area (Å²) in [6.07, 6.45) is 2.34. The number of thioether (sulfide) groups is 1. The molecule has 10 heteroatoms. The van der Waals surface area contributed by atoms with E-state index >= 15 is 0 Å². The number of carbonyl (C=O) groups excluding carboxylic acids is 2. The van der Waals surface area contributed by atoms with Gasteiger partial charge in [-0.05, 0) is 66.6 Å². The number of ether oxygens (including phenoxy) is 2. The van der Waals surface area contributed by atoms with Gasteiger partial charge in [0.15, 0.2) is 11.5 Å². The molecule has 0 N–H and O–H groups in total. The molecular formula is C22H21BrN2O6S. The average Bonchev–Trinajstić information content (AvgIpc) is 3.06. The summed E-state index contributed by atoms with van der Waals surface area (Å²) in [6.45, 7) is 3.96. The predicted molar refractivity (Wildman–Crippen MR) is 126 cm³/mol. The number of methoxy groups -OCH3 is 1. The number of nitrogens with zero attached hydrogens (tertiary/aromatic N) is 2. The maximum Gasteiger partial charge on any atom is 0.293 e. The van der Waals surface area contributed by atoms with Crippen molar-refractivity contribution in [1.29, 1.82) is 0 Å². The first-order valence-corrected chi connectivity index (χ1v) is 11.4. The van der Waals surface area contributed by atoms with Gasteiger partial charge in [-0.1, -0.05) is 22.9 Å². The summed E-state index contributed by atoms with van der Waals surface area (Å²) in [5.41, 5.74) is 1.44. The van der Waals surface area contributed by atoms with E-state index in [0.717, 1.165) is 17.3 Å². The topological polar surface area (TPSA) is 99.0 Å². The molecule has 1 heterocycles. The fourth-order valence-electron chi connectivity index (χ4n) is 2.99. The summed E-state index contributed by atoms with van der Waals surface area (Å²) < 4.78 is 11.9. The monoisotopic (exact) mass is 520 g/mol. The van der Waals surface area contributed by atoms with Crippen molar-refractivity contribution in [3.05, 3.63) is 67.0 Å². The Morgan fingerprint density at radius 1 is 1.22 bits per heavy atom. The molecule has 1 atom stereocenters. The van der Waals surface area contributed by atoms with Crippen LogP contribution < -0.4 is 9.47 Å². The van der Waals surface area contributed by atoms with E-state index in [1.54, 1.807) is 30.3 Å². The molecule has 0 spiro atoms. The number of carbonyl (C=O) groups is 2. The highest BCUT2D eigenvalue weighted by Gasteiger charge is 2.37. The summed E-state index contributed by atoms with van der Waals surface area (Å²) in [5.74, 6) is 0.601. The average molecular weight is 521 g/mol. The molecule has 8 nitrogen and oxygen atoms in total. The number of amides is 2. The molecule has 0 aromatic heterocycles. The van der Waals surface area contributed by atoms with Gasteiger partial charge in [-0.3, -0.25) is 24.6 Å². The lowest BCUT2D eigenvalue weighted by Gasteiger charge is -2.19. The lowest BCUT2D eigenvalue weighted by atomic mass is 10.1. The van der Waals surface area contributed by atoms with E-state index < -0.39 is 4.92 Å². The molecule has 0 unspecified atom stereocenters. The van der Waals surface area contributed by atoms with Crippen molar-refractivity contribution in [2.45, 2.75) is 32.9 Å². The first-order chi connectivity index (χ1) is 15.2. The molecule has 0 saturated carbocycles. The van der Waals surface area contributed by atoms with Crippen LogP contribution in [0.25, 0.3) is 6.08 Å². The number of non-ortho nitro benzene ring substituents is 1. The fourth-order valence-corrected chi connectivity index (χ4v) is 4.35. The molecule has 2 aromatic rings. The Labute approximate surface area is 197 Å². The van der Waals surface area contributed by atoms with Crippen LogP contribution >= 0.6 is 27.7 Å². The largest absolute Gasteiger partial charge is 0.493 e. The van der Waals surface area contributed by atoms with Gasteiger partial charge in [0, 0.05) is 22.6 Å². The SMILES string of the molecule is CC[C@H](C)N1C(=O)S/C(=C/c2cc(OC)c(OCc3ccc([N+](=O)[O-])cc3)cc2Br)C1=O. The van der Waals surface area contributed by atoms with E-state index in [1.807, 2.05) is 13.8 Å². The molecule has 0 bridgehead atoms. The minimum absolute atomic E-state index is 0.0103. The Kier molecular flexibility index (Phi) is 7.57. The van der Waals surface area contributed by atoms with Gasteiger partial charge in [-0.2, -0.15) is 0 Å². The fraction of sp³-hybridized carbons (Fsp3) is 0.273. The van der Waals surface area contributed by atoms with Crippen LogP contribution in [0, 0.1) is 10.1 Å². The van der Waals surface area contributed by atoms with Gasteiger partial charge in [0.1, 0.15) is 6.61 Å². The maximum absolute atomic E-state index is 12.7. The summed E-state index contributed by atoms with van der Waals surface area (Å²) >= 11 is 4.40. The number of halogens is 1. The second-order valence-corrected chi connectivity index (χ2v) is 8.89. The third kappa shape index (κ3) is 5.13. The van der Waals surface area contributed by atoms with E-state index in [2.05, 4.69) is 15.9 Å². The molecular weight excluding hydrogens is 500 g/mol. The Balaban J connectivity index is 1.81. The first-order valence-electron chi connectivity index (χ1n) is 9.75. The van der Waals surface area contributed by atoms with Gasteiger partial charge in [-0.25, -0.2) is 0 Å². The smallest absolute Gasteiger partial charge is 0.293 e. The Hall–Kier alpha value is -2.85. The molecule has 32 heavy (non-hydrogen) atoms. The third-order valence-corrected chi connectivity index (χ3v) is 6.54. The second-order valence-electron chi connectivity index (χ2n) is 7.05. The third-order valence-electron chi connectivity index (χ3n) is 4.97. The van der Waals surface area contributed by atoms with E-state index in [4.69, 9.17) is 9.47 Å². The highest BCUT2D eigenvalue weighted by Crippen LogP contribution is 2.39. The molecule has 168 valence electrons. The Morgan fingerprint density at radius 3 is 2.50 bits per heavy atom. The molecule has 0 radical (unpaired) electrons. The van der Waals surface area contributed by atoms with Crippen LogP contribution in [0.3, 0.4) is 0 Å². The zero-order chi connectivity index (χ0) is 23.4. The molecule has 2 amide bonds. The quantitative estimate of drug-likeness (QED) is 0.247. The zero-order valence-corrected chi connectivity index (χ0v) is 20.1. The lowest BCUT2D eigenvalue weighted by Crippen LogP contribution is -2.36. The summed E-state index contributed by atoms with van der Waals surface area (Å²) in [4.78, 5) is 36.9. The van der Waals surface area contributed by atoms with Gasteiger partial charge in [0.05, 0.1) is 16.9 Å². The van der Waals surface area contributed by atoms with Gasteiger partial charge in [0.25, 0.3) is 16.8 Å². The molecule has 1 saturated heterocycles. The van der Waals surface area contributed by atoms with Crippen molar-refractivity contribution in [2.75, 3.05) is 7.11 Å². The zero-order valence-electron chi connectivity index (χ0n) is 17.7. The minimum atomic E-state index is -0.457. The lowest BCUT2D eigenvalue weighted by molar-refractivity contribution is -0.384. The number of hydrogen-bond donors (Lipinski definition) is 0. The van der Waals surface area contributed by atoms with Crippen molar-refractivity contribution in [3.8, 4) is 11.5 Å². The van der Waals surface area contributed by atoms with Crippen LogP contribution in [-0.4, -0.2) is 34.1 Å². The van der Waals surface area contributed by atoms with Crippen LogP contribution in [0.15, 0.2) is 45.8 Å². The number of nitro benzene ring substituents is 1. The number of imide groups is 1. The number of benzene rings is 2. The minimum Gasteiger partial charge on any atom is -0.493 e. The molecule has 0 aliphatic carbocycles. The van der Waals surface area contributed by atoms with E-state index in [9.17, 15) is 19.7 Å². The molecule has 1 aliphatic heterocycles. The van der Waals surface area contributed by atoms with Crippen molar-refractivity contribution < 1.29 is 24.0 Å². The van der Waals surface area contributed by atoms with Crippen LogP contribution in [0.5, 0.6) is 11.5 Å². The van der Waals surface area contributed by atoms with Gasteiger partial charge >= 0.3 is 0 Å². The Morgan fingerprint density at radius 2 is 1.91 bits per heavy atom. The second kappa shape index (κ2) is 10.2. The Bertz CT molecular complexity index is 1090. The summed E-state index contributed by atoms with van der Waals surface area (Å²) in [7, 11) is 1.50. The van der Waals surface area contributed by atoms with E-state index in [0.29, 0.717) is 32.9 Å². The van der Waals surface area contributed by atoms with Crippen LogP contribution in [0.2, 0.25) is 0 Å². The van der Waals surface area contributed by atoms with Crippen LogP contribution in [0.4, 0.5) is 10.5 Å². The van der Waals surface area contributed by atoms with E-state index in [-0.39, 0.29) is 29.5 Å². The van der Waals surface area contributed by atoms with Crippen molar-refractivity contribution in [2.24, 2.45) is 0 Å². The summed E-state index contributed by atoms with van der Waals surface area (Å²) in [5, 5.41) is 10.5. The summed E-state index contributed by atoms with van der Waals surface area (Å²) in [6, 6.07) is 9.36. The number of rotatable bonds is 8. The van der Waals surface area contributed by atoms with Crippen LogP contribution in [-0.2, 0) is 11.4 Å². The highest BCUT2D eigenvalue weighted by molar-refractivity contribution is 9.10. The normalized spacial score (nSPS) is 15.9. The van der Waals surface area contributed by atoms with Gasteiger partial charge in [0.2, 0.25) is 0 Å². The standard InChI is InChI=1S/C22H21BrN2O6S/c1-4-13(2)24-21(26)20(32-22(24)27)10-15-9-18(30-3)19(11-17(15)23)31-12-14-5-7-16(8-6-14)25(28)29/h5-11,13H,4,12H2,1-3H3/b20-10+/t13-/m0/s1. The molecule has 2 aromatic carbocycles. The van der Waals surface area contributed by atoms with Crippen LogP contribution in [0.1, 0.15) is 31.4 Å². The van der Waals surface area contributed by atoms with Crippen molar-refractivity contribution >= 4 is 50.6 Å². The van der Waals surface area contributed by atoms with Crippen molar-refractivity contribution in [3.63, 3.8) is 0 Å². The van der Waals surface area contributed by atoms with Gasteiger partial charge in [-0.15, -0.1) is 0 Å². The molecule has 1 aliphatic rings.